The summed E-state index contributed by atoms with van der Waals surface area (Å²) in [4.78, 5) is 10.1. The molecule has 0 aliphatic carbocycles. The van der Waals surface area contributed by atoms with Crippen LogP contribution in [0.2, 0.25) is 0 Å². The highest BCUT2D eigenvalue weighted by Crippen LogP contribution is 2.58. The van der Waals surface area contributed by atoms with Gasteiger partial charge < -0.3 is 9.80 Å². The van der Waals surface area contributed by atoms with Gasteiger partial charge >= 0.3 is 0 Å². The standard InChI is InChI=1S/C61H36N4S/c1-2-15-39(16-3-1)63-54-25-11-12-26-55(54)64(56-27-14-21-45-44-20-7-13-28-59(44)66-60(45)56)58-36-49-41-18-5-4-17-40(41)47-33-37(29-31-42(47)50(49)35-57(58)63)38-30-32-46-48(34-38)43-19-6-9-23-52(43)65-53-24-10-8-22-51(53)62-61(46)65/h1-36H. The van der Waals surface area contributed by atoms with Gasteiger partial charge in [0.15, 0.2) is 0 Å². The highest BCUT2D eigenvalue weighted by atomic mass is 32.1. The van der Waals surface area contributed by atoms with Crippen molar-refractivity contribution in [2.45, 2.75) is 0 Å². The fourth-order valence-electron chi connectivity index (χ4n) is 11.1. The van der Waals surface area contributed by atoms with Crippen LogP contribution in [0.1, 0.15) is 0 Å². The molecule has 0 saturated carbocycles. The number of rotatable bonds is 3. The van der Waals surface area contributed by atoms with E-state index in [0.29, 0.717) is 0 Å². The van der Waals surface area contributed by atoms with Crippen LogP contribution in [-0.4, -0.2) is 9.38 Å². The fraction of sp³-hybridized carbons (Fsp3) is 0. The summed E-state index contributed by atoms with van der Waals surface area (Å²) < 4.78 is 4.90. The number of hydrogen-bond donors (Lipinski definition) is 0. The Morgan fingerprint density at radius 2 is 0.848 bits per heavy atom. The lowest BCUT2D eigenvalue weighted by Gasteiger charge is -2.41. The van der Waals surface area contributed by atoms with E-state index in [2.05, 4.69) is 233 Å². The number of pyridine rings is 1. The molecule has 0 fully saturated rings. The van der Waals surface area contributed by atoms with Gasteiger partial charge in [0.25, 0.3) is 0 Å². The Kier molecular flexibility index (Phi) is 7.34. The molecule has 306 valence electrons. The first-order valence-corrected chi connectivity index (χ1v) is 23.4. The second-order valence-corrected chi connectivity index (χ2v) is 18.5. The van der Waals surface area contributed by atoms with E-state index in [1.807, 2.05) is 11.3 Å². The van der Waals surface area contributed by atoms with Crippen molar-refractivity contribution in [3.05, 3.63) is 218 Å². The minimum Gasteiger partial charge on any atom is -0.306 e. The molecule has 4 nitrogen and oxygen atoms in total. The van der Waals surface area contributed by atoms with Gasteiger partial charge in [-0.25, -0.2) is 4.98 Å². The number of fused-ring (bicyclic) bond motifs is 19. The van der Waals surface area contributed by atoms with Crippen LogP contribution in [0.3, 0.4) is 0 Å². The number of thiophene rings is 1. The third kappa shape index (κ3) is 4.95. The molecule has 0 spiro atoms. The van der Waals surface area contributed by atoms with Gasteiger partial charge in [-0.2, -0.15) is 0 Å². The zero-order chi connectivity index (χ0) is 43.0. The summed E-state index contributed by atoms with van der Waals surface area (Å²) in [7, 11) is 0. The Morgan fingerprint density at radius 1 is 0.318 bits per heavy atom. The molecule has 1 aliphatic rings. The summed E-state index contributed by atoms with van der Waals surface area (Å²) in [5.74, 6) is 0. The van der Waals surface area contributed by atoms with Gasteiger partial charge in [-0.3, -0.25) is 4.40 Å². The van der Waals surface area contributed by atoms with Crippen molar-refractivity contribution in [1.82, 2.24) is 9.38 Å². The molecular formula is C61H36N4S. The number of benzene rings is 11. The van der Waals surface area contributed by atoms with Crippen LogP contribution in [-0.2, 0) is 0 Å². The van der Waals surface area contributed by atoms with Crippen LogP contribution in [0, 0.1) is 0 Å². The van der Waals surface area contributed by atoms with E-state index >= 15 is 0 Å². The maximum absolute atomic E-state index is 5.17. The molecule has 5 heteroatoms. The van der Waals surface area contributed by atoms with Crippen molar-refractivity contribution in [3.63, 3.8) is 0 Å². The smallest absolute Gasteiger partial charge is 0.146 e. The van der Waals surface area contributed by atoms with Crippen LogP contribution in [0.15, 0.2) is 218 Å². The van der Waals surface area contributed by atoms with Crippen molar-refractivity contribution >= 4 is 136 Å². The number of aromatic nitrogens is 2. The second kappa shape index (κ2) is 13.5. The minimum atomic E-state index is 0.988. The van der Waals surface area contributed by atoms with Crippen LogP contribution < -0.4 is 9.80 Å². The van der Waals surface area contributed by atoms with E-state index in [9.17, 15) is 0 Å². The first-order chi connectivity index (χ1) is 32.7. The van der Waals surface area contributed by atoms with Gasteiger partial charge in [0, 0.05) is 31.9 Å². The first kappa shape index (κ1) is 35.9. The average Bonchev–Trinajstić information content (AvgIpc) is 3.97. The van der Waals surface area contributed by atoms with Crippen molar-refractivity contribution < 1.29 is 0 Å². The molecule has 4 heterocycles. The summed E-state index contributed by atoms with van der Waals surface area (Å²) in [6, 6.07) is 80.4. The number of anilines is 6. The summed E-state index contributed by atoms with van der Waals surface area (Å²) in [6.07, 6.45) is 0. The Morgan fingerprint density at radius 3 is 1.62 bits per heavy atom. The van der Waals surface area contributed by atoms with Gasteiger partial charge in [-0.1, -0.05) is 133 Å². The van der Waals surface area contributed by atoms with Crippen LogP contribution in [0.4, 0.5) is 34.1 Å². The van der Waals surface area contributed by atoms with Crippen molar-refractivity contribution in [1.29, 1.82) is 0 Å². The molecule has 0 bridgehead atoms. The molecule has 14 aromatic rings. The number of imidazole rings is 1. The normalized spacial score (nSPS) is 12.8. The predicted octanol–water partition coefficient (Wildman–Crippen LogP) is 17.5. The summed E-state index contributed by atoms with van der Waals surface area (Å²) in [6.45, 7) is 0. The van der Waals surface area contributed by atoms with E-state index in [1.165, 1.54) is 80.1 Å². The monoisotopic (exact) mass is 856 g/mol. The van der Waals surface area contributed by atoms with E-state index in [4.69, 9.17) is 4.98 Å². The van der Waals surface area contributed by atoms with Crippen molar-refractivity contribution in [3.8, 4) is 11.1 Å². The minimum absolute atomic E-state index is 0.988. The molecule has 1 aliphatic heterocycles. The quantitative estimate of drug-likeness (QED) is 0.165. The maximum atomic E-state index is 5.17. The van der Waals surface area contributed by atoms with Crippen LogP contribution in [0.25, 0.3) is 102 Å². The Bertz CT molecular complexity index is 4370. The van der Waals surface area contributed by atoms with E-state index in [1.54, 1.807) is 0 Å². The van der Waals surface area contributed by atoms with Gasteiger partial charge in [0.1, 0.15) is 5.65 Å². The Hall–Kier alpha value is -8.51. The topological polar surface area (TPSA) is 23.8 Å². The molecule has 66 heavy (non-hydrogen) atoms. The lowest BCUT2D eigenvalue weighted by molar-refractivity contribution is 1.18. The molecule has 0 unspecified atom stereocenters. The summed E-state index contributed by atoms with van der Waals surface area (Å²) in [5, 5.41) is 13.6. The SMILES string of the molecule is c1ccc(N2c3ccccc3N(c3cccc4c3sc3ccccc34)c3cc4c5ccccc5c5cc(-c6ccc7c(c6)c6ccccc6n6c8ccccc8nc76)ccc5c4cc32)cc1. The van der Waals surface area contributed by atoms with Crippen LogP contribution in [0.5, 0.6) is 0 Å². The summed E-state index contributed by atoms with van der Waals surface area (Å²) in [5.41, 5.74) is 13.6. The molecule has 0 radical (unpaired) electrons. The van der Waals surface area contributed by atoms with E-state index in [-0.39, 0.29) is 0 Å². The third-order valence-corrected chi connectivity index (χ3v) is 15.2. The zero-order valence-electron chi connectivity index (χ0n) is 35.5. The Labute approximate surface area is 383 Å². The number of hydrogen-bond acceptors (Lipinski definition) is 4. The molecule has 0 saturated heterocycles. The van der Waals surface area contributed by atoms with Gasteiger partial charge in [-0.15, -0.1) is 11.3 Å². The number of nitrogens with zero attached hydrogens (tertiary/aromatic N) is 4. The Balaban J connectivity index is 0.989. The van der Waals surface area contributed by atoms with Gasteiger partial charge in [0.05, 0.1) is 49.7 Å². The van der Waals surface area contributed by atoms with E-state index < -0.39 is 0 Å². The van der Waals surface area contributed by atoms with Crippen LogP contribution >= 0.6 is 11.3 Å². The molecular weight excluding hydrogens is 821 g/mol. The van der Waals surface area contributed by atoms with E-state index in [0.717, 1.165) is 56.0 Å². The molecule has 3 aromatic heterocycles. The largest absolute Gasteiger partial charge is 0.306 e. The second-order valence-electron chi connectivity index (χ2n) is 17.5. The molecule has 0 N–H and O–H groups in total. The first-order valence-electron chi connectivity index (χ1n) is 22.5. The van der Waals surface area contributed by atoms with Crippen molar-refractivity contribution in [2.24, 2.45) is 0 Å². The van der Waals surface area contributed by atoms with Crippen molar-refractivity contribution in [2.75, 3.05) is 9.80 Å². The lowest BCUT2D eigenvalue weighted by Crippen LogP contribution is -2.24. The molecule has 11 aromatic carbocycles. The summed E-state index contributed by atoms with van der Waals surface area (Å²) >= 11 is 1.88. The number of para-hydroxylation sites is 6. The molecule has 0 atom stereocenters. The highest BCUT2D eigenvalue weighted by molar-refractivity contribution is 7.26. The maximum Gasteiger partial charge on any atom is 0.146 e. The highest BCUT2D eigenvalue weighted by Gasteiger charge is 2.33. The molecule has 0 amide bonds. The predicted molar refractivity (Wildman–Crippen MR) is 281 cm³/mol. The average molecular weight is 857 g/mol. The third-order valence-electron chi connectivity index (χ3n) is 14.0. The van der Waals surface area contributed by atoms with Gasteiger partial charge in [-0.05, 0) is 134 Å². The lowest BCUT2D eigenvalue weighted by atomic mass is 9.90. The van der Waals surface area contributed by atoms with Gasteiger partial charge in [0.2, 0.25) is 0 Å². The zero-order valence-corrected chi connectivity index (χ0v) is 36.3. The fourth-order valence-corrected chi connectivity index (χ4v) is 12.3. The molecule has 15 rings (SSSR count).